The second-order valence-corrected chi connectivity index (χ2v) is 4.54. The van der Waals surface area contributed by atoms with Gasteiger partial charge in [0, 0.05) is 25.1 Å². The summed E-state index contributed by atoms with van der Waals surface area (Å²) in [6, 6.07) is 5.96. The van der Waals surface area contributed by atoms with Crippen molar-refractivity contribution in [2.24, 2.45) is 0 Å². The molecule has 0 aliphatic rings. The van der Waals surface area contributed by atoms with Crippen LogP contribution in [0.4, 0.5) is 17.2 Å². The minimum atomic E-state index is -0.647. The molecule has 22 heavy (non-hydrogen) atoms. The molecule has 1 N–H and O–H groups in total. The van der Waals surface area contributed by atoms with Gasteiger partial charge in [0.25, 0.3) is 5.69 Å². The van der Waals surface area contributed by atoms with Gasteiger partial charge in [0.15, 0.2) is 0 Å². The van der Waals surface area contributed by atoms with E-state index in [2.05, 4.69) is 15.3 Å². The first-order valence-corrected chi connectivity index (χ1v) is 6.42. The van der Waals surface area contributed by atoms with Crippen LogP contribution in [0.1, 0.15) is 11.3 Å². The number of nitro groups is 2. The number of halogens is 1. The Balaban J connectivity index is 2.57. The number of nitro benzene ring substituents is 1. The third-order valence-electron chi connectivity index (χ3n) is 2.89. The van der Waals surface area contributed by atoms with Crippen LogP contribution in [0.5, 0.6) is 0 Å². The van der Waals surface area contributed by atoms with E-state index in [-0.39, 0.29) is 34.6 Å². The second-order valence-electron chi connectivity index (χ2n) is 4.21. The van der Waals surface area contributed by atoms with Gasteiger partial charge in [-0.05, 0) is 11.6 Å². The van der Waals surface area contributed by atoms with E-state index < -0.39 is 9.85 Å². The maximum Gasteiger partial charge on any atom is 0.333 e. The summed E-state index contributed by atoms with van der Waals surface area (Å²) >= 11 is 5.76. The van der Waals surface area contributed by atoms with Gasteiger partial charge in [-0.2, -0.15) is 4.98 Å². The molecule has 0 amide bonds. The van der Waals surface area contributed by atoms with Gasteiger partial charge in [-0.15, -0.1) is 0 Å². The molecule has 0 radical (unpaired) electrons. The zero-order valence-electron chi connectivity index (χ0n) is 11.3. The van der Waals surface area contributed by atoms with Crippen molar-refractivity contribution in [2.45, 2.75) is 6.42 Å². The maximum absolute atomic E-state index is 11.2. The molecule has 0 fully saturated rings. The van der Waals surface area contributed by atoms with E-state index in [1.165, 1.54) is 25.2 Å². The van der Waals surface area contributed by atoms with Crippen LogP contribution in [-0.2, 0) is 6.42 Å². The number of hydrogen-bond donors (Lipinski definition) is 1. The monoisotopic (exact) mass is 323 g/mol. The number of anilines is 1. The average Bonchev–Trinajstić information content (AvgIpc) is 2.46. The van der Waals surface area contributed by atoms with Gasteiger partial charge in [0.1, 0.15) is 5.69 Å². The molecule has 2 aromatic rings. The number of benzene rings is 1. The average molecular weight is 324 g/mol. The quantitative estimate of drug-likeness (QED) is 0.509. The van der Waals surface area contributed by atoms with Crippen molar-refractivity contribution in [1.29, 1.82) is 0 Å². The smallest absolute Gasteiger partial charge is 0.333 e. The minimum absolute atomic E-state index is 0.00338. The second kappa shape index (κ2) is 6.31. The van der Waals surface area contributed by atoms with E-state index in [9.17, 15) is 20.2 Å². The van der Waals surface area contributed by atoms with E-state index in [1.54, 1.807) is 6.07 Å². The SMILES string of the molecule is CNc1nc(Cl)nc(Cc2ccccc2[N+](=O)[O-])c1[N+](=O)[O-]. The minimum Gasteiger partial charge on any atom is -0.367 e. The summed E-state index contributed by atoms with van der Waals surface area (Å²) < 4.78 is 0. The standard InChI is InChI=1S/C12H10ClN5O4/c1-14-11-10(18(21)22)8(15-12(13)16-11)6-7-4-2-3-5-9(7)17(19)20/h2-5H,6H2,1H3,(H,14,15,16). The van der Waals surface area contributed by atoms with Crippen molar-refractivity contribution in [3.05, 3.63) is 61.0 Å². The Bertz CT molecular complexity index is 752. The normalized spacial score (nSPS) is 10.3. The first kappa shape index (κ1) is 15.6. The first-order valence-electron chi connectivity index (χ1n) is 6.05. The molecule has 1 aromatic heterocycles. The predicted octanol–water partition coefficient (Wildman–Crippen LogP) is 2.58. The van der Waals surface area contributed by atoms with Gasteiger partial charge in [-0.1, -0.05) is 18.2 Å². The fourth-order valence-corrected chi connectivity index (χ4v) is 2.17. The van der Waals surface area contributed by atoms with Crippen LogP contribution in [0, 0.1) is 20.2 Å². The van der Waals surface area contributed by atoms with Crippen molar-refractivity contribution < 1.29 is 9.85 Å². The van der Waals surface area contributed by atoms with Crippen LogP contribution in [0.2, 0.25) is 5.28 Å². The molecule has 0 saturated carbocycles. The number of rotatable bonds is 5. The largest absolute Gasteiger partial charge is 0.367 e. The third kappa shape index (κ3) is 3.09. The molecule has 0 unspecified atom stereocenters. The first-order chi connectivity index (χ1) is 10.4. The summed E-state index contributed by atoms with van der Waals surface area (Å²) in [6.07, 6.45) is -0.107. The van der Waals surface area contributed by atoms with E-state index in [4.69, 9.17) is 11.6 Å². The van der Waals surface area contributed by atoms with Gasteiger partial charge >= 0.3 is 5.69 Å². The Morgan fingerprint density at radius 2 is 1.86 bits per heavy atom. The van der Waals surface area contributed by atoms with Gasteiger partial charge < -0.3 is 5.32 Å². The van der Waals surface area contributed by atoms with Gasteiger partial charge in [0.2, 0.25) is 11.1 Å². The lowest BCUT2D eigenvalue weighted by atomic mass is 10.1. The summed E-state index contributed by atoms with van der Waals surface area (Å²) in [5.74, 6) is -0.0430. The Hall–Kier alpha value is -2.81. The summed E-state index contributed by atoms with van der Waals surface area (Å²) in [5, 5.41) is 24.6. The van der Waals surface area contributed by atoms with Gasteiger partial charge in [0.05, 0.1) is 9.85 Å². The maximum atomic E-state index is 11.2. The molecule has 0 aliphatic carbocycles. The molecule has 1 heterocycles. The van der Waals surface area contributed by atoms with Gasteiger partial charge in [-0.3, -0.25) is 20.2 Å². The van der Waals surface area contributed by atoms with E-state index in [0.29, 0.717) is 5.56 Å². The van der Waals surface area contributed by atoms with Gasteiger partial charge in [-0.25, -0.2) is 4.98 Å². The molecule has 9 nitrogen and oxygen atoms in total. The van der Waals surface area contributed by atoms with Crippen molar-refractivity contribution in [3.63, 3.8) is 0 Å². The molecule has 1 aromatic carbocycles. The summed E-state index contributed by atoms with van der Waals surface area (Å²) in [6.45, 7) is 0. The Morgan fingerprint density at radius 1 is 1.18 bits per heavy atom. The van der Waals surface area contributed by atoms with Crippen molar-refractivity contribution >= 4 is 28.8 Å². The highest BCUT2D eigenvalue weighted by Gasteiger charge is 2.25. The van der Waals surface area contributed by atoms with Crippen LogP contribution >= 0.6 is 11.6 Å². The van der Waals surface area contributed by atoms with Crippen molar-refractivity contribution in [3.8, 4) is 0 Å². The van der Waals surface area contributed by atoms with E-state index in [0.717, 1.165) is 0 Å². The van der Waals surface area contributed by atoms with Crippen LogP contribution in [-0.4, -0.2) is 26.9 Å². The lowest BCUT2D eigenvalue weighted by Gasteiger charge is -2.07. The summed E-state index contributed by atoms with van der Waals surface area (Å²) in [7, 11) is 1.46. The van der Waals surface area contributed by atoms with E-state index in [1.807, 2.05) is 0 Å². The number of hydrogen-bond acceptors (Lipinski definition) is 7. The van der Waals surface area contributed by atoms with Crippen LogP contribution in [0.3, 0.4) is 0 Å². The fourth-order valence-electron chi connectivity index (χ4n) is 1.98. The molecule has 0 atom stereocenters. The van der Waals surface area contributed by atoms with Crippen LogP contribution < -0.4 is 5.32 Å². The molecule has 0 spiro atoms. The molecule has 0 aliphatic heterocycles. The van der Waals surface area contributed by atoms with Crippen LogP contribution in [0.15, 0.2) is 24.3 Å². The zero-order valence-corrected chi connectivity index (χ0v) is 12.1. The third-order valence-corrected chi connectivity index (χ3v) is 3.06. The highest BCUT2D eigenvalue weighted by atomic mass is 35.5. The predicted molar refractivity (Wildman–Crippen MR) is 79.1 cm³/mol. The fraction of sp³-hybridized carbons (Fsp3) is 0.167. The van der Waals surface area contributed by atoms with E-state index >= 15 is 0 Å². The molecule has 10 heteroatoms. The molecular weight excluding hydrogens is 314 g/mol. The summed E-state index contributed by atoms with van der Waals surface area (Å²) in [5.41, 5.74) is -0.196. The number of nitrogens with zero attached hydrogens (tertiary/aromatic N) is 4. The Kier molecular flexibility index (Phi) is 4.47. The van der Waals surface area contributed by atoms with Crippen LogP contribution in [0.25, 0.3) is 0 Å². The highest BCUT2D eigenvalue weighted by molar-refractivity contribution is 6.28. The topological polar surface area (TPSA) is 124 Å². The molecule has 2 rings (SSSR count). The number of aromatic nitrogens is 2. The summed E-state index contributed by atoms with van der Waals surface area (Å²) in [4.78, 5) is 28.6. The molecule has 0 bridgehead atoms. The zero-order chi connectivity index (χ0) is 16.3. The Morgan fingerprint density at radius 3 is 2.45 bits per heavy atom. The molecule has 114 valence electrons. The molecular formula is C12H10ClN5O4. The highest BCUT2D eigenvalue weighted by Crippen LogP contribution is 2.30. The van der Waals surface area contributed by atoms with Crippen molar-refractivity contribution in [2.75, 3.05) is 12.4 Å². The number of para-hydroxylation sites is 1. The Labute approximate surface area is 129 Å². The lowest BCUT2D eigenvalue weighted by molar-refractivity contribution is -0.386. The number of nitrogens with one attached hydrogen (secondary N) is 1. The van der Waals surface area contributed by atoms with Crippen molar-refractivity contribution in [1.82, 2.24) is 9.97 Å². The lowest BCUT2D eigenvalue weighted by Crippen LogP contribution is -2.07. The molecule has 0 saturated heterocycles.